The summed E-state index contributed by atoms with van der Waals surface area (Å²) in [7, 11) is 1.59. The molecule has 0 aliphatic carbocycles. The summed E-state index contributed by atoms with van der Waals surface area (Å²) < 4.78 is 12.4. The second-order valence-electron chi connectivity index (χ2n) is 9.43. The average molecular weight is 498 g/mol. The molecule has 6 rings (SSSR count). The first-order valence-electron chi connectivity index (χ1n) is 12.3. The second kappa shape index (κ2) is 9.61. The lowest BCUT2D eigenvalue weighted by Gasteiger charge is -2.45. The minimum Gasteiger partial charge on any atom is -0.486 e. The predicted molar refractivity (Wildman–Crippen MR) is 137 cm³/mol. The molecule has 0 amide bonds. The van der Waals surface area contributed by atoms with Crippen LogP contribution in [0.2, 0.25) is 0 Å². The SMILES string of the molecule is CON=C1CC2(CCN(c3ccc(-c4nnc(Cc5cccnc5)o4)nn3)CC2)Oc2cccc(C)c21. The van der Waals surface area contributed by atoms with Crippen LogP contribution < -0.4 is 9.64 Å². The van der Waals surface area contributed by atoms with Gasteiger partial charge >= 0.3 is 0 Å². The monoisotopic (exact) mass is 497 g/mol. The number of benzene rings is 1. The quantitative estimate of drug-likeness (QED) is 0.378. The summed E-state index contributed by atoms with van der Waals surface area (Å²) in [5.41, 5.74) is 4.37. The van der Waals surface area contributed by atoms with Crippen molar-refractivity contribution in [2.24, 2.45) is 5.16 Å². The number of hydrogen-bond donors (Lipinski definition) is 0. The molecule has 0 atom stereocenters. The number of oxime groups is 1. The summed E-state index contributed by atoms with van der Waals surface area (Å²) in [5.74, 6) is 2.55. The normalized spacial score (nSPS) is 17.5. The smallest absolute Gasteiger partial charge is 0.268 e. The Bertz CT molecular complexity index is 1410. The molecule has 37 heavy (non-hydrogen) atoms. The fourth-order valence-corrected chi connectivity index (χ4v) is 5.08. The number of nitrogens with zero attached hydrogens (tertiary/aromatic N) is 7. The van der Waals surface area contributed by atoms with Crippen molar-refractivity contribution in [1.82, 2.24) is 25.4 Å². The van der Waals surface area contributed by atoms with Gasteiger partial charge in [-0.1, -0.05) is 23.4 Å². The Hall–Kier alpha value is -4.34. The minimum atomic E-state index is -0.309. The van der Waals surface area contributed by atoms with Gasteiger partial charge in [0.25, 0.3) is 5.89 Å². The number of piperidine rings is 1. The van der Waals surface area contributed by atoms with E-state index in [0.717, 1.165) is 66.3 Å². The molecule has 4 aromatic rings. The van der Waals surface area contributed by atoms with Gasteiger partial charge in [0.15, 0.2) is 5.82 Å². The molecule has 5 heterocycles. The van der Waals surface area contributed by atoms with E-state index in [4.69, 9.17) is 14.0 Å². The van der Waals surface area contributed by atoms with E-state index in [1.807, 2.05) is 36.4 Å². The molecule has 0 saturated carbocycles. The van der Waals surface area contributed by atoms with Gasteiger partial charge in [0.1, 0.15) is 24.2 Å². The number of anilines is 1. The van der Waals surface area contributed by atoms with E-state index in [0.29, 0.717) is 23.9 Å². The second-order valence-corrected chi connectivity index (χ2v) is 9.43. The maximum absolute atomic E-state index is 6.59. The van der Waals surface area contributed by atoms with Crippen LogP contribution in [0.4, 0.5) is 5.82 Å². The molecule has 2 aliphatic rings. The van der Waals surface area contributed by atoms with Crippen molar-refractivity contribution < 1.29 is 14.0 Å². The first kappa shape index (κ1) is 23.1. The molecule has 0 radical (unpaired) electrons. The lowest BCUT2D eigenvalue weighted by molar-refractivity contribution is 0.0432. The zero-order valence-electron chi connectivity index (χ0n) is 20.8. The molecular weight excluding hydrogens is 470 g/mol. The zero-order chi connectivity index (χ0) is 25.2. The zero-order valence-corrected chi connectivity index (χ0v) is 20.8. The van der Waals surface area contributed by atoms with Crippen LogP contribution in [0, 0.1) is 6.92 Å². The van der Waals surface area contributed by atoms with Crippen molar-refractivity contribution in [1.29, 1.82) is 0 Å². The third-order valence-corrected chi connectivity index (χ3v) is 6.95. The molecule has 1 fully saturated rings. The summed E-state index contributed by atoms with van der Waals surface area (Å²) in [6.07, 6.45) is 6.43. The van der Waals surface area contributed by atoms with Gasteiger partial charge in [0, 0.05) is 50.3 Å². The van der Waals surface area contributed by atoms with Crippen LogP contribution in [-0.2, 0) is 11.3 Å². The van der Waals surface area contributed by atoms with E-state index in [9.17, 15) is 0 Å². The topological polar surface area (TPSA) is 112 Å². The third-order valence-electron chi connectivity index (χ3n) is 6.95. The van der Waals surface area contributed by atoms with E-state index in [1.54, 1.807) is 19.5 Å². The van der Waals surface area contributed by atoms with E-state index in [-0.39, 0.29) is 5.60 Å². The first-order chi connectivity index (χ1) is 18.1. The Morgan fingerprint density at radius 1 is 1.03 bits per heavy atom. The molecule has 10 heteroatoms. The maximum Gasteiger partial charge on any atom is 0.268 e. The van der Waals surface area contributed by atoms with Crippen molar-refractivity contribution in [2.75, 3.05) is 25.1 Å². The van der Waals surface area contributed by atoms with Gasteiger partial charge in [-0.05, 0) is 42.3 Å². The maximum atomic E-state index is 6.59. The van der Waals surface area contributed by atoms with Gasteiger partial charge in [-0.25, -0.2) is 0 Å². The number of aromatic nitrogens is 5. The highest BCUT2D eigenvalue weighted by atomic mass is 16.6. The standard InChI is InChI=1S/C27H27N7O3/c1-18-5-3-7-22-25(18)21(33-35-2)16-27(37-22)10-13-34(14-11-27)23-9-8-20(29-30-23)26-32-31-24(36-26)15-19-6-4-12-28-17-19/h3-9,12,17H,10-11,13-16H2,1-2H3. The summed E-state index contributed by atoms with van der Waals surface area (Å²) in [5, 5.41) is 21.4. The van der Waals surface area contributed by atoms with Gasteiger partial charge in [-0.3, -0.25) is 4.98 Å². The van der Waals surface area contributed by atoms with Crippen molar-refractivity contribution in [3.05, 3.63) is 77.4 Å². The van der Waals surface area contributed by atoms with E-state index in [1.165, 1.54) is 0 Å². The van der Waals surface area contributed by atoms with Crippen molar-refractivity contribution >= 4 is 11.5 Å². The van der Waals surface area contributed by atoms with Crippen LogP contribution in [0.15, 0.2) is 64.4 Å². The Labute approximate surface area is 214 Å². The molecule has 2 aliphatic heterocycles. The van der Waals surface area contributed by atoms with Gasteiger partial charge in [-0.15, -0.1) is 20.4 Å². The number of hydrogen-bond acceptors (Lipinski definition) is 10. The van der Waals surface area contributed by atoms with Crippen LogP contribution >= 0.6 is 0 Å². The number of rotatable bonds is 5. The summed E-state index contributed by atoms with van der Waals surface area (Å²) in [4.78, 5) is 11.5. The van der Waals surface area contributed by atoms with Gasteiger partial charge in [-0.2, -0.15) is 0 Å². The molecule has 1 saturated heterocycles. The Kier molecular flexibility index (Phi) is 5.99. The van der Waals surface area contributed by atoms with Crippen LogP contribution in [0.3, 0.4) is 0 Å². The number of ether oxygens (including phenoxy) is 1. The van der Waals surface area contributed by atoms with Crippen molar-refractivity contribution in [2.45, 2.75) is 38.2 Å². The lowest BCUT2D eigenvalue weighted by Crippen LogP contribution is -2.51. The highest BCUT2D eigenvalue weighted by Gasteiger charge is 2.43. The lowest BCUT2D eigenvalue weighted by atomic mass is 9.81. The van der Waals surface area contributed by atoms with Crippen molar-refractivity contribution in [3.63, 3.8) is 0 Å². The molecule has 1 aromatic carbocycles. The van der Waals surface area contributed by atoms with Crippen LogP contribution in [0.25, 0.3) is 11.6 Å². The Balaban J connectivity index is 1.13. The molecule has 188 valence electrons. The average Bonchev–Trinajstić information content (AvgIpc) is 3.38. The van der Waals surface area contributed by atoms with Crippen LogP contribution in [0.1, 0.15) is 41.8 Å². The Morgan fingerprint density at radius 2 is 1.92 bits per heavy atom. The van der Waals surface area contributed by atoms with Gasteiger partial charge in [0.05, 0.1) is 12.1 Å². The van der Waals surface area contributed by atoms with Crippen molar-refractivity contribution in [3.8, 4) is 17.3 Å². The fraction of sp³-hybridized carbons (Fsp3) is 0.333. The molecule has 1 spiro atoms. The summed E-state index contributed by atoms with van der Waals surface area (Å²) in [6, 6.07) is 13.8. The summed E-state index contributed by atoms with van der Waals surface area (Å²) in [6.45, 7) is 3.67. The minimum absolute atomic E-state index is 0.309. The number of aryl methyl sites for hydroxylation is 1. The largest absolute Gasteiger partial charge is 0.486 e. The first-order valence-corrected chi connectivity index (χ1v) is 12.3. The number of fused-ring (bicyclic) bond motifs is 1. The van der Waals surface area contributed by atoms with E-state index >= 15 is 0 Å². The predicted octanol–water partition coefficient (Wildman–Crippen LogP) is 3.99. The van der Waals surface area contributed by atoms with Crippen LogP contribution in [-0.4, -0.2) is 56.9 Å². The molecule has 10 nitrogen and oxygen atoms in total. The summed E-state index contributed by atoms with van der Waals surface area (Å²) >= 11 is 0. The molecular formula is C27H27N7O3. The third kappa shape index (κ3) is 4.62. The van der Waals surface area contributed by atoms with Crippen LogP contribution in [0.5, 0.6) is 5.75 Å². The van der Waals surface area contributed by atoms with Gasteiger partial charge in [0.2, 0.25) is 5.89 Å². The van der Waals surface area contributed by atoms with Gasteiger partial charge < -0.3 is 18.9 Å². The highest BCUT2D eigenvalue weighted by molar-refractivity contribution is 6.05. The molecule has 3 aromatic heterocycles. The Morgan fingerprint density at radius 3 is 2.68 bits per heavy atom. The highest BCUT2D eigenvalue weighted by Crippen LogP contribution is 2.41. The molecule has 0 N–H and O–H groups in total. The fourth-order valence-electron chi connectivity index (χ4n) is 5.08. The molecule has 0 bridgehead atoms. The number of pyridine rings is 1. The molecule has 0 unspecified atom stereocenters. The van der Waals surface area contributed by atoms with E-state index < -0.39 is 0 Å². The van der Waals surface area contributed by atoms with E-state index in [2.05, 4.69) is 48.4 Å².